The molecule has 2 amide bonds. The highest BCUT2D eigenvalue weighted by molar-refractivity contribution is 9.10. The Labute approximate surface area is 257 Å². The molecule has 2 bridgehead atoms. The molecule has 0 unspecified atom stereocenters. The Balaban J connectivity index is 1.34. The second-order valence-electron chi connectivity index (χ2n) is 11.8. The average Bonchev–Trinajstić information content (AvgIpc) is 3.56. The van der Waals surface area contributed by atoms with Crippen LogP contribution in [0.3, 0.4) is 0 Å². The van der Waals surface area contributed by atoms with Crippen molar-refractivity contribution in [1.82, 2.24) is 5.32 Å². The fourth-order valence-electron chi connectivity index (χ4n) is 6.70. The van der Waals surface area contributed by atoms with Crippen molar-refractivity contribution in [2.24, 2.45) is 23.7 Å². The highest BCUT2D eigenvalue weighted by Gasteiger charge is 2.52. The molecule has 0 saturated heterocycles. The minimum atomic E-state index is -5.58. The van der Waals surface area contributed by atoms with E-state index in [4.69, 9.17) is 9.47 Å². The van der Waals surface area contributed by atoms with Crippen LogP contribution in [0.15, 0.2) is 45.8 Å². The second-order valence-corrected chi connectivity index (χ2v) is 14.6. The van der Waals surface area contributed by atoms with E-state index in [9.17, 15) is 31.2 Å². The first kappa shape index (κ1) is 31.6. The molecule has 0 aromatic heterocycles. The van der Waals surface area contributed by atoms with Crippen LogP contribution in [0.4, 0.5) is 18.9 Å². The van der Waals surface area contributed by atoms with E-state index in [-0.39, 0.29) is 29.2 Å². The molecule has 234 valence electrons. The maximum absolute atomic E-state index is 13.7. The van der Waals surface area contributed by atoms with Gasteiger partial charge in [0.1, 0.15) is 11.5 Å². The van der Waals surface area contributed by atoms with Crippen LogP contribution in [-0.2, 0) is 14.6 Å². The van der Waals surface area contributed by atoms with Gasteiger partial charge in [0.2, 0.25) is 5.91 Å². The number of halogens is 4. The molecule has 13 heteroatoms. The third-order valence-electron chi connectivity index (χ3n) is 8.99. The first-order valence-corrected chi connectivity index (χ1v) is 16.6. The Morgan fingerprint density at radius 1 is 0.977 bits per heavy atom. The Bertz CT molecular complexity index is 1490. The van der Waals surface area contributed by atoms with Gasteiger partial charge in [-0.25, -0.2) is 8.42 Å². The number of carbonyl (C=O) groups excluding carboxylic acids is 2. The highest BCUT2D eigenvalue weighted by Crippen LogP contribution is 2.49. The Morgan fingerprint density at radius 3 is 2.35 bits per heavy atom. The lowest BCUT2D eigenvalue weighted by atomic mass is 9.83. The fourth-order valence-corrected chi connectivity index (χ4v) is 7.93. The predicted octanol–water partition coefficient (Wildman–Crippen LogP) is 6.49. The fraction of sp³-hybridized carbons (Fsp3) is 0.533. The minimum absolute atomic E-state index is 0.0307. The van der Waals surface area contributed by atoms with E-state index in [1.165, 1.54) is 13.2 Å². The number of fused-ring (bicyclic) bond motifs is 2. The van der Waals surface area contributed by atoms with E-state index >= 15 is 0 Å². The summed E-state index contributed by atoms with van der Waals surface area (Å²) >= 11 is 3.52. The van der Waals surface area contributed by atoms with E-state index in [1.54, 1.807) is 12.1 Å². The summed E-state index contributed by atoms with van der Waals surface area (Å²) in [5.74, 6) is -0.0317. The van der Waals surface area contributed by atoms with Gasteiger partial charge in [0.05, 0.1) is 34.1 Å². The standard InChI is InChI=1S/C30H34BrF3N2O6S/c1-16-6-10-20(11-7-16)42-25-14-22(24(41-2)15-23(25)31)28(37)36-27-18-9-8-17(12-18)26(27)29(38)35-19-4-3-5-21(13-19)43(39,40)30(32,33)34/h3-5,13-18,20,26-27H,6-12H2,1-2H3,(H,35,38)(H,36,37)/t16?,17-,18+,20?,26+,27-/m1/s1. The van der Waals surface area contributed by atoms with Crippen LogP contribution in [0.5, 0.6) is 11.5 Å². The molecular formula is C30H34BrF3N2O6S. The van der Waals surface area contributed by atoms with Crippen LogP contribution in [0, 0.1) is 23.7 Å². The summed E-state index contributed by atoms with van der Waals surface area (Å²) in [5, 5.41) is 5.62. The molecule has 4 atom stereocenters. The third-order valence-corrected chi connectivity index (χ3v) is 11.1. The van der Waals surface area contributed by atoms with Crippen molar-refractivity contribution in [3.8, 4) is 11.5 Å². The molecule has 8 nitrogen and oxygen atoms in total. The largest absolute Gasteiger partial charge is 0.501 e. The zero-order valence-electron chi connectivity index (χ0n) is 23.7. The van der Waals surface area contributed by atoms with Gasteiger partial charge < -0.3 is 20.1 Å². The van der Waals surface area contributed by atoms with Gasteiger partial charge in [-0.1, -0.05) is 13.0 Å². The molecule has 2 aromatic carbocycles. The van der Waals surface area contributed by atoms with Crippen molar-refractivity contribution in [2.75, 3.05) is 12.4 Å². The first-order chi connectivity index (χ1) is 20.3. The van der Waals surface area contributed by atoms with E-state index < -0.39 is 44.0 Å². The lowest BCUT2D eigenvalue weighted by Crippen LogP contribution is -2.48. The lowest BCUT2D eigenvalue weighted by Gasteiger charge is -2.31. The molecular weight excluding hydrogens is 653 g/mol. The summed E-state index contributed by atoms with van der Waals surface area (Å²) in [7, 11) is -4.12. The van der Waals surface area contributed by atoms with E-state index in [2.05, 4.69) is 33.5 Å². The van der Waals surface area contributed by atoms with Crippen molar-refractivity contribution < 1.29 is 40.7 Å². The number of benzene rings is 2. The molecule has 3 saturated carbocycles. The van der Waals surface area contributed by atoms with Gasteiger partial charge in [-0.05, 0) is 109 Å². The number of ether oxygens (including phenoxy) is 2. The smallest absolute Gasteiger partial charge is 0.496 e. The van der Waals surface area contributed by atoms with Crippen molar-refractivity contribution in [1.29, 1.82) is 0 Å². The van der Waals surface area contributed by atoms with E-state index in [0.29, 0.717) is 21.9 Å². The Hall–Kier alpha value is -2.80. The summed E-state index contributed by atoms with van der Waals surface area (Å²) in [6.07, 6.45) is 6.35. The second kappa shape index (κ2) is 12.3. The molecule has 3 fully saturated rings. The highest BCUT2D eigenvalue weighted by atomic mass is 79.9. The van der Waals surface area contributed by atoms with Crippen molar-refractivity contribution >= 4 is 43.3 Å². The molecule has 3 aliphatic carbocycles. The van der Waals surface area contributed by atoms with Crippen LogP contribution in [0.1, 0.15) is 62.2 Å². The molecule has 5 rings (SSSR count). The molecule has 3 aliphatic rings. The van der Waals surface area contributed by atoms with Crippen molar-refractivity contribution in [3.05, 3.63) is 46.4 Å². The number of carbonyl (C=O) groups is 2. The quantitative estimate of drug-likeness (QED) is 0.328. The number of rotatable bonds is 8. The molecule has 2 N–H and O–H groups in total. The Kier molecular flexibility index (Phi) is 9.04. The van der Waals surface area contributed by atoms with Crippen LogP contribution in [0.2, 0.25) is 0 Å². The average molecular weight is 688 g/mol. The molecule has 0 aliphatic heterocycles. The molecule has 0 heterocycles. The number of methoxy groups -OCH3 is 1. The topological polar surface area (TPSA) is 111 Å². The van der Waals surface area contributed by atoms with E-state index in [1.807, 2.05) is 0 Å². The zero-order chi connectivity index (χ0) is 31.1. The van der Waals surface area contributed by atoms with Crippen molar-refractivity contribution in [2.45, 2.75) is 74.4 Å². The number of hydrogen-bond acceptors (Lipinski definition) is 6. The number of alkyl halides is 3. The summed E-state index contributed by atoms with van der Waals surface area (Å²) < 4.78 is 75.4. The maximum atomic E-state index is 13.7. The summed E-state index contributed by atoms with van der Waals surface area (Å²) in [6, 6.07) is 6.90. The van der Waals surface area contributed by atoms with Gasteiger partial charge in [-0.15, -0.1) is 0 Å². The van der Waals surface area contributed by atoms with Crippen LogP contribution < -0.4 is 20.1 Å². The number of hydrogen-bond donors (Lipinski definition) is 2. The van der Waals surface area contributed by atoms with Crippen LogP contribution in [0.25, 0.3) is 0 Å². The van der Waals surface area contributed by atoms with Crippen LogP contribution in [-0.4, -0.2) is 45.0 Å². The van der Waals surface area contributed by atoms with Gasteiger partial charge in [-0.2, -0.15) is 13.2 Å². The van der Waals surface area contributed by atoms with Crippen molar-refractivity contribution in [3.63, 3.8) is 0 Å². The molecule has 2 aromatic rings. The zero-order valence-corrected chi connectivity index (χ0v) is 26.2. The monoisotopic (exact) mass is 686 g/mol. The number of sulfone groups is 1. The van der Waals surface area contributed by atoms with Gasteiger partial charge in [-0.3, -0.25) is 9.59 Å². The maximum Gasteiger partial charge on any atom is 0.501 e. The first-order valence-electron chi connectivity index (χ1n) is 14.4. The molecule has 0 spiro atoms. The summed E-state index contributed by atoms with van der Waals surface area (Å²) in [5.41, 5.74) is -5.28. The van der Waals surface area contributed by atoms with E-state index in [0.717, 1.165) is 63.1 Å². The molecule has 43 heavy (non-hydrogen) atoms. The summed E-state index contributed by atoms with van der Waals surface area (Å²) in [4.78, 5) is 26.2. The Morgan fingerprint density at radius 2 is 1.67 bits per heavy atom. The summed E-state index contributed by atoms with van der Waals surface area (Å²) in [6.45, 7) is 2.22. The number of nitrogens with one attached hydrogen (secondary N) is 2. The minimum Gasteiger partial charge on any atom is -0.496 e. The predicted molar refractivity (Wildman–Crippen MR) is 157 cm³/mol. The number of anilines is 1. The third kappa shape index (κ3) is 6.52. The molecule has 0 radical (unpaired) electrons. The van der Waals surface area contributed by atoms with Gasteiger partial charge in [0.25, 0.3) is 15.7 Å². The number of amides is 2. The normalized spacial score (nSPS) is 27.0. The van der Waals surface area contributed by atoms with Gasteiger partial charge >= 0.3 is 5.51 Å². The SMILES string of the molecule is COc1cc(Br)c(OC2CCC(C)CC2)cc1C(=O)N[C@@H]1[C@H]2CC[C@H](C2)[C@@H]1C(=O)Nc1cccc(S(=O)(=O)C(F)(F)F)c1. The lowest BCUT2D eigenvalue weighted by molar-refractivity contribution is -0.122. The van der Waals surface area contributed by atoms with Gasteiger partial charge in [0, 0.05) is 11.7 Å². The van der Waals surface area contributed by atoms with Crippen LogP contribution >= 0.6 is 15.9 Å². The van der Waals surface area contributed by atoms with Gasteiger partial charge in [0.15, 0.2) is 0 Å².